The van der Waals surface area contributed by atoms with Gasteiger partial charge in [-0.05, 0) is 24.3 Å². The molecule has 0 radical (unpaired) electrons. The zero-order valence-corrected chi connectivity index (χ0v) is 14.1. The largest absolute Gasteiger partial charge is 0.324 e. The molecule has 1 heterocycles. The minimum Gasteiger partial charge on any atom is -0.324 e. The predicted octanol–water partition coefficient (Wildman–Crippen LogP) is 3.59. The summed E-state index contributed by atoms with van der Waals surface area (Å²) in [6.07, 6.45) is 0.0920. The Morgan fingerprint density at radius 2 is 1.88 bits per heavy atom. The van der Waals surface area contributed by atoms with Crippen LogP contribution in [-0.4, -0.2) is 22.2 Å². The van der Waals surface area contributed by atoms with Gasteiger partial charge in [-0.15, -0.1) is 0 Å². The molecule has 7 heteroatoms. The third kappa shape index (κ3) is 4.15. The number of anilines is 1. The van der Waals surface area contributed by atoms with Gasteiger partial charge in [0.2, 0.25) is 11.8 Å². The van der Waals surface area contributed by atoms with E-state index in [1.54, 1.807) is 24.3 Å². The van der Waals surface area contributed by atoms with Gasteiger partial charge in [-0.25, -0.2) is 4.99 Å². The van der Waals surface area contributed by atoms with E-state index in [1.165, 1.54) is 11.8 Å². The molecule has 2 N–H and O–H groups in total. The monoisotopic (exact) mass is 359 g/mol. The fourth-order valence-electron chi connectivity index (χ4n) is 2.14. The van der Waals surface area contributed by atoms with Crippen molar-refractivity contribution in [3.05, 3.63) is 59.6 Å². The minimum absolute atomic E-state index is 0.0920. The average molecular weight is 360 g/mol. The Labute approximate surface area is 148 Å². The fourth-order valence-corrected chi connectivity index (χ4v) is 3.32. The van der Waals surface area contributed by atoms with Crippen molar-refractivity contribution < 1.29 is 9.59 Å². The Hall–Kier alpha value is -2.31. The number of thioether (sulfide) groups is 1. The van der Waals surface area contributed by atoms with Crippen molar-refractivity contribution in [1.82, 2.24) is 5.32 Å². The first-order valence-electron chi connectivity index (χ1n) is 7.27. The lowest BCUT2D eigenvalue weighted by Gasteiger charge is -2.22. The van der Waals surface area contributed by atoms with Crippen LogP contribution in [0.2, 0.25) is 5.02 Å². The fraction of sp³-hybridized carbons (Fsp3) is 0.118. The van der Waals surface area contributed by atoms with Crippen LogP contribution in [0.1, 0.15) is 6.42 Å². The number of nitrogens with one attached hydrogen (secondary N) is 2. The van der Waals surface area contributed by atoms with Gasteiger partial charge in [-0.2, -0.15) is 0 Å². The van der Waals surface area contributed by atoms with Crippen LogP contribution in [0, 0.1) is 0 Å². The number of hydrogen-bond donors (Lipinski definition) is 2. The summed E-state index contributed by atoms with van der Waals surface area (Å²) in [6, 6.07) is 16.2. The van der Waals surface area contributed by atoms with Gasteiger partial charge in [0.05, 0.1) is 16.4 Å². The third-order valence-corrected chi connectivity index (χ3v) is 4.69. The summed E-state index contributed by atoms with van der Waals surface area (Å²) in [5.41, 5.74) is 1.24. The van der Waals surface area contributed by atoms with E-state index in [2.05, 4.69) is 15.6 Å². The molecule has 1 aliphatic heterocycles. The first-order chi connectivity index (χ1) is 11.6. The highest BCUT2D eigenvalue weighted by Crippen LogP contribution is 2.26. The first-order valence-corrected chi connectivity index (χ1v) is 8.53. The van der Waals surface area contributed by atoms with Crippen LogP contribution < -0.4 is 10.6 Å². The highest BCUT2D eigenvalue weighted by Gasteiger charge is 2.30. The molecule has 1 atom stereocenters. The van der Waals surface area contributed by atoms with E-state index in [0.29, 0.717) is 21.6 Å². The van der Waals surface area contributed by atoms with Crippen LogP contribution in [0.15, 0.2) is 59.6 Å². The van der Waals surface area contributed by atoms with E-state index < -0.39 is 5.25 Å². The molecular formula is C17H14ClN3O2S. The topological polar surface area (TPSA) is 70.6 Å². The number of carbonyl (C=O) groups is 2. The molecule has 0 spiro atoms. The van der Waals surface area contributed by atoms with E-state index in [9.17, 15) is 9.59 Å². The Kier molecular flexibility index (Phi) is 5.17. The molecule has 1 saturated heterocycles. The molecular weight excluding hydrogens is 346 g/mol. The van der Waals surface area contributed by atoms with Gasteiger partial charge in [0, 0.05) is 6.42 Å². The van der Waals surface area contributed by atoms with Crippen molar-refractivity contribution in [2.75, 3.05) is 5.32 Å². The molecule has 0 saturated carbocycles. The molecule has 1 fully saturated rings. The second-order valence-corrected chi connectivity index (χ2v) is 6.68. The quantitative estimate of drug-likeness (QED) is 0.879. The summed E-state index contributed by atoms with van der Waals surface area (Å²) in [6.45, 7) is 0. The molecule has 1 aliphatic rings. The SMILES string of the molecule is O=C1C[C@H](C(=O)Nc2ccccc2Cl)SC(=Nc2ccccc2)N1. The van der Waals surface area contributed by atoms with Crippen LogP contribution in [0.25, 0.3) is 0 Å². The van der Waals surface area contributed by atoms with Gasteiger partial charge >= 0.3 is 0 Å². The van der Waals surface area contributed by atoms with Crippen molar-refractivity contribution in [3.63, 3.8) is 0 Å². The van der Waals surface area contributed by atoms with E-state index >= 15 is 0 Å². The molecule has 0 unspecified atom stereocenters. The smallest absolute Gasteiger partial charge is 0.238 e. The van der Waals surface area contributed by atoms with Crippen molar-refractivity contribution in [3.8, 4) is 0 Å². The lowest BCUT2D eigenvalue weighted by Crippen LogP contribution is -2.41. The van der Waals surface area contributed by atoms with Crippen LogP contribution in [0.5, 0.6) is 0 Å². The summed E-state index contributed by atoms with van der Waals surface area (Å²) in [5, 5.41) is 5.76. The van der Waals surface area contributed by atoms with Crippen molar-refractivity contribution in [2.45, 2.75) is 11.7 Å². The Morgan fingerprint density at radius 3 is 2.62 bits per heavy atom. The zero-order valence-electron chi connectivity index (χ0n) is 12.5. The number of hydrogen-bond acceptors (Lipinski definition) is 4. The standard InChI is InChI=1S/C17H14ClN3O2S/c18-12-8-4-5-9-13(12)20-16(23)14-10-15(22)21-17(24-14)19-11-6-2-1-3-7-11/h1-9,14H,10H2,(H,20,23)(H,19,21,22)/t14-/m1/s1. The van der Waals surface area contributed by atoms with Crippen LogP contribution in [0.3, 0.4) is 0 Å². The van der Waals surface area contributed by atoms with Crippen LogP contribution in [0.4, 0.5) is 11.4 Å². The van der Waals surface area contributed by atoms with Crippen molar-refractivity contribution >= 4 is 51.7 Å². The Morgan fingerprint density at radius 1 is 1.17 bits per heavy atom. The van der Waals surface area contributed by atoms with Gasteiger partial charge in [0.25, 0.3) is 0 Å². The number of aliphatic imine (C=N–C) groups is 1. The molecule has 2 aromatic carbocycles. The maximum Gasteiger partial charge on any atom is 0.238 e. The number of amidine groups is 1. The summed E-state index contributed by atoms with van der Waals surface area (Å²) < 4.78 is 0. The Balaban J connectivity index is 1.74. The molecule has 0 aliphatic carbocycles. The lowest BCUT2D eigenvalue weighted by molar-refractivity contribution is -0.123. The summed E-state index contributed by atoms with van der Waals surface area (Å²) in [5.74, 6) is -0.508. The second-order valence-electron chi connectivity index (χ2n) is 5.08. The van der Waals surface area contributed by atoms with E-state index in [-0.39, 0.29) is 18.2 Å². The number of carbonyl (C=O) groups excluding carboxylic acids is 2. The minimum atomic E-state index is -0.558. The van der Waals surface area contributed by atoms with Gasteiger partial charge in [-0.1, -0.05) is 53.7 Å². The maximum absolute atomic E-state index is 12.4. The van der Waals surface area contributed by atoms with E-state index in [0.717, 1.165) is 0 Å². The molecule has 24 heavy (non-hydrogen) atoms. The molecule has 5 nitrogen and oxygen atoms in total. The third-order valence-electron chi connectivity index (χ3n) is 3.28. The maximum atomic E-state index is 12.4. The molecule has 0 bridgehead atoms. The highest BCUT2D eigenvalue weighted by molar-refractivity contribution is 8.15. The molecule has 2 amide bonds. The summed E-state index contributed by atoms with van der Waals surface area (Å²) >= 11 is 7.27. The van der Waals surface area contributed by atoms with Crippen molar-refractivity contribution in [1.29, 1.82) is 0 Å². The van der Waals surface area contributed by atoms with Crippen LogP contribution >= 0.6 is 23.4 Å². The Bertz CT molecular complexity index is 795. The van der Waals surface area contributed by atoms with Gasteiger partial charge < -0.3 is 10.6 Å². The van der Waals surface area contributed by atoms with Crippen LogP contribution in [-0.2, 0) is 9.59 Å². The number of para-hydroxylation sites is 2. The first kappa shape index (κ1) is 16.5. The van der Waals surface area contributed by atoms with Gasteiger partial charge in [0.15, 0.2) is 5.17 Å². The normalized spacial score (nSPS) is 19.0. The number of benzene rings is 2. The summed E-state index contributed by atoms with van der Waals surface area (Å²) in [7, 11) is 0. The zero-order chi connectivity index (χ0) is 16.9. The van der Waals surface area contributed by atoms with Crippen molar-refractivity contribution in [2.24, 2.45) is 4.99 Å². The number of halogens is 1. The average Bonchev–Trinajstić information content (AvgIpc) is 2.57. The van der Waals surface area contributed by atoms with Gasteiger partial charge in [0.1, 0.15) is 5.25 Å². The number of amides is 2. The molecule has 0 aromatic heterocycles. The van der Waals surface area contributed by atoms with E-state index in [4.69, 9.17) is 11.6 Å². The summed E-state index contributed by atoms with van der Waals surface area (Å²) in [4.78, 5) is 28.7. The lowest BCUT2D eigenvalue weighted by atomic mass is 10.2. The second kappa shape index (κ2) is 7.51. The predicted molar refractivity (Wildman–Crippen MR) is 97.8 cm³/mol. The number of rotatable bonds is 3. The molecule has 122 valence electrons. The van der Waals surface area contributed by atoms with E-state index in [1.807, 2.05) is 30.3 Å². The molecule has 2 aromatic rings. The number of nitrogens with zero attached hydrogens (tertiary/aromatic N) is 1. The molecule has 3 rings (SSSR count). The highest BCUT2D eigenvalue weighted by atomic mass is 35.5. The van der Waals surface area contributed by atoms with Gasteiger partial charge in [-0.3, -0.25) is 9.59 Å².